The van der Waals surface area contributed by atoms with Crippen LogP contribution in [0.4, 0.5) is 0 Å². The number of nitrogens with zero attached hydrogens (tertiary/aromatic N) is 3. The molecule has 0 unspecified atom stereocenters. The molecule has 144 valence electrons. The van der Waals surface area contributed by atoms with Gasteiger partial charge in [0.2, 0.25) is 5.91 Å². The average Bonchev–Trinajstić information content (AvgIpc) is 3.08. The maximum atomic E-state index is 12.2. The lowest BCUT2D eigenvalue weighted by Gasteiger charge is -2.21. The van der Waals surface area contributed by atoms with E-state index in [1.807, 2.05) is 22.8 Å². The molecule has 1 saturated carbocycles. The van der Waals surface area contributed by atoms with Crippen molar-refractivity contribution in [3.63, 3.8) is 0 Å². The molecule has 27 heavy (non-hydrogen) atoms. The molecule has 0 saturated heterocycles. The van der Waals surface area contributed by atoms with E-state index in [0.717, 1.165) is 23.1 Å². The molecule has 1 aliphatic carbocycles. The number of benzene rings is 1. The number of carbonyl (C=O) groups excluding carboxylic acids is 1. The highest BCUT2D eigenvalue weighted by molar-refractivity contribution is 7.99. The summed E-state index contributed by atoms with van der Waals surface area (Å²) in [5.41, 5.74) is 2.20. The van der Waals surface area contributed by atoms with Gasteiger partial charge >= 0.3 is 0 Å². The minimum Gasteiger partial charge on any atom is -0.355 e. The van der Waals surface area contributed by atoms with E-state index in [2.05, 4.69) is 41.1 Å². The van der Waals surface area contributed by atoms with Crippen molar-refractivity contribution in [1.82, 2.24) is 20.1 Å². The summed E-state index contributed by atoms with van der Waals surface area (Å²) in [6.45, 7) is 7.31. The Kier molecular flexibility index (Phi) is 7.10. The molecule has 1 aromatic heterocycles. The summed E-state index contributed by atoms with van der Waals surface area (Å²) in [6, 6.07) is 8.20. The first-order valence-corrected chi connectivity index (χ1v) is 10.7. The number of allylic oxidation sites excluding steroid dienone is 1. The molecule has 2 aromatic rings. The van der Waals surface area contributed by atoms with Crippen LogP contribution in [0.1, 0.15) is 37.7 Å². The molecular formula is C21H28N4OS. The van der Waals surface area contributed by atoms with Crippen LogP contribution in [0, 0.1) is 12.8 Å². The zero-order valence-corrected chi connectivity index (χ0v) is 16.8. The zero-order chi connectivity index (χ0) is 19.1. The fraction of sp³-hybridized carbons (Fsp3) is 0.476. The first kappa shape index (κ1) is 19.7. The fourth-order valence-corrected chi connectivity index (χ4v) is 4.30. The van der Waals surface area contributed by atoms with Crippen LogP contribution in [0.2, 0.25) is 0 Å². The van der Waals surface area contributed by atoms with Crippen LogP contribution < -0.4 is 5.32 Å². The molecular weight excluding hydrogens is 356 g/mol. The summed E-state index contributed by atoms with van der Waals surface area (Å²) in [5, 5.41) is 12.5. The quantitative estimate of drug-likeness (QED) is 0.547. The fourth-order valence-electron chi connectivity index (χ4n) is 3.52. The van der Waals surface area contributed by atoms with E-state index in [1.54, 1.807) is 0 Å². The molecule has 0 aliphatic heterocycles. The number of carbonyl (C=O) groups is 1. The lowest BCUT2D eigenvalue weighted by Crippen LogP contribution is -2.31. The zero-order valence-electron chi connectivity index (χ0n) is 16.0. The third-order valence-corrected chi connectivity index (χ3v) is 5.92. The van der Waals surface area contributed by atoms with Crippen molar-refractivity contribution in [3.05, 3.63) is 42.5 Å². The normalized spacial score (nSPS) is 14.9. The Hall–Kier alpha value is -2.08. The summed E-state index contributed by atoms with van der Waals surface area (Å²) < 4.78 is 2.01. The Bertz CT molecular complexity index is 780. The summed E-state index contributed by atoms with van der Waals surface area (Å²) in [5.74, 6) is 1.88. The van der Waals surface area contributed by atoms with Crippen molar-refractivity contribution in [2.45, 2.75) is 50.7 Å². The highest BCUT2D eigenvalue weighted by Crippen LogP contribution is 2.25. The monoisotopic (exact) mass is 384 g/mol. The molecule has 1 N–H and O–H groups in total. The predicted molar refractivity (Wildman–Crippen MR) is 111 cm³/mol. The van der Waals surface area contributed by atoms with Gasteiger partial charge in [-0.15, -0.1) is 16.8 Å². The molecule has 0 bridgehead atoms. The molecule has 0 radical (unpaired) electrons. The Morgan fingerprint density at radius 3 is 2.89 bits per heavy atom. The van der Waals surface area contributed by atoms with Crippen molar-refractivity contribution in [3.8, 4) is 11.4 Å². The van der Waals surface area contributed by atoms with Gasteiger partial charge in [-0.2, -0.15) is 0 Å². The molecule has 0 atom stereocenters. The maximum absolute atomic E-state index is 12.2. The topological polar surface area (TPSA) is 59.8 Å². The van der Waals surface area contributed by atoms with Crippen LogP contribution in [0.5, 0.6) is 0 Å². The SMILES string of the molecule is C=CCn1c(SCC(=O)NCC2CCCCC2)nnc1-c1cccc(C)c1. The van der Waals surface area contributed by atoms with E-state index in [0.29, 0.717) is 18.2 Å². The van der Waals surface area contributed by atoms with Crippen LogP contribution >= 0.6 is 11.8 Å². The number of hydrogen-bond acceptors (Lipinski definition) is 4. The van der Waals surface area contributed by atoms with E-state index in [9.17, 15) is 4.79 Å². The predicted octanol–water partition coefficient (Wildman–Crippen LogP) is 4.23. The van der Waals surface area contributed by atoms with E-state index < -0.39 is 0 Å². The Morgan fingerprint density at radius 2 is 2.15 bits per heavy atom. The number of hydrogen-bond donors (Lipinski definition) is 1. The smallest absolute Gasteiger partial charge is 0.230 e. The number of nitrogens with one attached hydrogen (secondary N) is 1. The molecule has 1 amide bonds. The summed E-state index contributed by atoms with van der Waals surface area (Å²) >= 11 is 1.43. The maximum Gasteiger partial charge on any atom is 0.230 e. The molecule has 0 spiro atoms. The van der Waals surface area contributed by atoms with Gasteiger partial charge in [-0.3, -0.25) is 9.36 Å². The minimum atomic E-state index is 0.0656. The molecule has 1 aromatic carbocycles. The lowest BCUT2D eigenvalue weighted by molar-refractivity contribution is -0.118. The van der Waals surface area contributed by atoms with Crippen molar-refractivity contribution in [2.24, 2.45) is 5.92 Å². The van der Waals surface area contributed by atoms with Gasteiger partial charge in [0.05, 0.1) is 5.75 Å². The highest BCUT2D eigenvalue weighted by Gasteiger charge is 2.17. The van der Waals surface area contributed by atoms with Crippen LogP contribution in [-0.2, 0) is 11.3 Å². The summed E-state index contributed by atoms with van der Waals surface area (Å²) in [6.07, 6.45) is 8.23. The number of rotatable bonds is 8. The lowest BCUT2D eigenvalue weighted by atomic mass is 9.89. The molecule has 1 fully saturated rings. The third kappa shape index (κ3) is 5.45. The minimum absolute atomic E-state index is 0.0656. The van der Waals surface area contributed by atoms with Gasteiger partial charge in [0.15, 0.2) is 11.0 Å². The average molecular weight is 385 g/mol. The van der Waals surface area contributed by atoms with Crippen molar-refractivity contribution in [2.75, 3.05) is 12.3 Å². The van der Waals surface area contributed by atoms with Crippen LogP contribution in [-0.4, -0.2) is 33.0 Å². The van der Waals surface area contributed by atoms with Gasteiger partial charge in [0.25, 0.3) is 0 Å². The standard InChI is InChI=1S/C21H28N4OS/c1-3-12-25-20(18-11-7-8-16(2)13-18)23-24-21(25)27-15-19(26)22-14-17-9-5-4-6-10-17/h3,7-8,11,13,17H,1,4-6,9-10,12,14-15H2,2H3,(H,22,26). The van der Waals surface area contributed by atoms with Gasteiger partial charge in [0.1, 0.15) is 0 Å². The van der Waals surface area contributed by atoms with Crippen LogP contribution in [0.15, 0.2) is 42.1 Å². The molecule has 6 heteroatoms. The third-order valence-electron chi connectivity index (χ3n) is 4.95. The van der Waals surface area contributed by atoms with E-state index >= 15 is 0 Å². The number of amides is 1. The van der Waals surface area contributed by atoms with E-state index in [1.165, 1.54) is 49.4 Å². The van der Waals surface area contributed by atoms with Gasteiger partial charge in [0, 0.05) is 18.7 Å². The van der Waals surface area contributed by atoms with Gasteiger partial charge in [-0.05, 0) is 31.7 Å². The second kappa shape index (κ2) is 9.74. The van der Waals surface area contributed by atoms with Crippen molar-refractivity contribution in [1.29, 1.82) is 0 Å². The number of aromatic nitrogens is 3. The largest absolute Gasteiger partial charge is 0.355 e. The van der Waals surface area contributed by atoms with Crippen molar-refractivity contribution < 1.29 is 4.79 Å². The molecule has 1 aliphatic rings. The Balaban J connectivity index is 1.60. The number of aryl methyl sites for hydroxylation is 1. The van der Waals surface area contributed by atoms with Gasteiger partial charge < -0.3 is 5.32 Å². The van der Waals surface area contributed by atoms with Crippen LogP contribution in [0.3, 0.4) is 0 Å². The second-order valence-electron chi connectivity index (χ2n) is 7.17. The van der Waals surface area contributed by atoms with Gasteiger partial charge in [-0.25, -0.2) is 0 Å². The molecule has 1 heterocycles. The highest BCUT2D eigenvalue weighted by atomic mass is 32.2. The Morgan fingerprint density at radius 1 is 1.33 bits per heavy atom. The van der Waals surface area contributed by atoms with Crippen molar-refractivity contribution >= 4 is 17.7 Å². The van der Waals surface area contributed by atoms with Gasteiger partial charge in [-0.1, -0.05) is 60.9 Å². The molecule has 3 rings (SSSR count). The summed E-state index contributed by atoms with van der Waals surface area (Å²) in [4.78, 5) is 12.2. The molecule has 5 nitrogen and oxygen atoms in total. The van der Waals surface area contributed by atoms with E-state index in [4.69, 9.17) is 0 Å². The second-order valence-corrected chi connectivity index (χ2v) is 8.11. The summed E-state index contributed by atoms with van der Waals surface area (Å²) in [7, 11) is 0. The first-order valence-electron chi connectivity index (χ1n) is 9.68. The first-order chi connectivity index (χ1) is 13.2. The van der Waals surface area contributed by atoms with Crippen LogP contribution in [0.25, 0.3) is 11.4 Å². The van der Waals surface area contributed by atoms with E-state index in [-0.39, 0.29) is 5.91 Å². The Labute approximate surface area is 165 Å². The number of thioether (sulfide) groups is 1.